The lowest BCUT2D eigenvalue weighted by molar-refractivity contribution is -0.138. The topological polar surface area (TPSA) is 78.4 Å². The second-order valence-electron chi connectivity index (χ2n) is 3.61. The lowest BCUT2D eigenvalue weighted by Crippen LogP contribution is -2.43. The molecule has 0 radical (unpaired) electrons. The van der Waals surface area contributed by atoms with Gasteiger partial charge in [-0.25, -0.2) is 4.79 Å². The molecule has 0 aromatic carbocycles. The fourth-order valence-corrected chi connectivity index (χ4v) is 2.08. The zero-order valence-electron chi connectivity index (χ0n) is 9.82. The highest BCUT2D eigenvalue weighted by Crippen LogP contribution is 2.16. The normalized spacial score (nSPS) is 11.9. The van der Waals surface area contributed by atoms with E-state index in [2.05, 4.69) is 17.6 Å². The molecule has 2 amide bonds. The first-order chi connectivity index (χ1) is 8.02. The third kappa shape index (κ3) is 4.44. The summed E-state index contributed by atoms with van der Waals surface area (Å²) in [6.07, 6.45) is 0.979. The van der Waals surface area contributed by atoms with Gasteiger partial charge in [-0.15, -0.1) is 11.3 Å². The molecule has 1 aromatic rings. The monoisotopic (exact) mass is 256 g/mol. The molecule has 0 aliphatic rings. The molecule has 17 heavy (non-hydrogen) atoms. The quantitative estimate of drug-likeness (QED) is 0.748. The van der Waals surface area contributed by atoms with Gasteiger partial charge in [0.15, 0.2) is 0 Å². The van der Waals surface area contributed by atoms with E-state index in [1.54, 1.807) is 11.3 Å². The molecule has 1 aromatic heterocycles. The standard InChI is InChI=1S/C11H16N2O3S/c1-3-8-4-5-9(17-8)6-12-11(16)13-7(2)10(14)15/h4-5,7H,3,6H2,1-2H3,(H,14,15)(H2,12,13,16). The van der Waals surface area contributed by atoms with Crippen LogP contribution in [0.5, 0.6) is 0 Å². The zero-order chi connectivity index (χ0) is 12.8. The number of amides is 2. The third-order valence-corrected chi connectivity index (χ3v) is 3.44. The molecule has 1 atom stereocenters. The minimum atomic E-state index is -1.05. The summed E-state index contributed by atoms with van der Waals surface area (Å²) in [6.45, 7) is 3.91. The summed E-state index contributed by atoms with van der Waals surface area (Å²) in [7, 11) is 0. The maximum atomic E-state index is 11.3. The van der Waals surface area contributed by atoms with Crippen LogP contribution < -0.4 is 10.6 Å². The Morgan fingerprint density at radius 3 is 2.59 bits per heavy atom. The van der Waals surface area contributed by atoms with Crippen LogP contribution in [0.2, 0.25) is 0 Å². The molecule has 94 valence electrons. The first-order valence-corrected chi connectivity index (χ1v) is 6.19. The van der Waals surface area contributed by atoms with Crippen LogP contribution in [-0.4, -0.2) is 23.1 Å². The van der Waals surface area contributed by atoms with Crippen molar-refractivity contribution in [2.24, 2.45) is 0 Å². The molecule has 3 N–H and O–H groups in total. The van der Waals surface area contributed by atoms with Crippen molar-refractivity contribution in [3.05, 3.63) is 21.9 Å². The zero-order valence-corrected chi connectivity index (χ0v) is 10.6. The van der Waals surface area contributed by atoms with Crippen molar-refractivity contribution in [1.29, 1.82) is 0 Å². The first kappa shape index (κ1) is 13.5. The van der Waals surface area contributed by atoms with E-state index in [9.17, 15) is 9.59 Å². The highest BCUT2D eigenvalue weighted by molar-refractivity contribution is 7.11. The number of rotatable bonds is 5. The number of carbonyl (C=O) groups excluding carboxylic acids is 1. The van der Waals surface area contributed by atoms with Crippen LogP contribution in [0.3, 0.4) is 0 Å². The van der Waals surface area contributed by atoms with Gasteiger partial charge in [0, 0.05) is 9.75 Å². The number of carboxylic acids is 1. The average Bonchev–Trinajstić information content (AvgIpc) is 2.74. The number of nitrogens with one attached hydrogen (secondary N) is 2. The fourth-order valence-electron chi connectivity index (χ4n) is 1.18. The average molecular weight is 256 g/mol. The van der Waals surface area contributed by atoms with Crippen molar-refractivity contribution in [1.82, 2.24) is 10.6 Å². The summed E-state index contributed by atoms with van der Waals surface area (Å²) in [5.41, 5.74) is 0. The van der Waals surface area contributed by atoms with E-state index in [-0.39, 0.29) is 0 Å². The molecule has 0 saturated carbocycles. The summed E-state index contributed by atoms with van der Waals surface area (Å²) in [5, 5.41) is 13.6. The van der Waals surface area contributed by atoms with Crippen LogP contribution in [-0.2, 0) is 17.8 Å². The molecule has 0 aliphatic heterocycles. The summed E-state index contributed by atoms with van der Waals surface area (Å²) in [5.74, 6) is -1.05. The molecule has 6 heteroatoms. The van der Waals surface area contributed by atoms with Gasteiger partial charge in [-0.1, -0.05) is 6.92 Å². The van der Waals surface area contributed by atoms with Crippen LogP contribution in [0.25, 0.3) is 0 Å². The Morgan fingerprint density at radius 1 is 1.41 bits per heavy atom. The van der Waals surface area contributed by atoms with E-state index in [1.807, 2.05) is 12.1 Å². The van der Waals surface area contributed by atoms with E-state index in [1.165, 1.54) is 11.8 Å². The Hall–Kier alpha value is -1.56. The Labute approximate surface area is 104 Å². The SMILES string of the molecule is CCc1ccc(CNC(=O)NC(C)C(=O)O)s1. The highest BCUT2D eigenvalue weighted by Gasteiger charge is 2.13. The Kier molecular flexibility index (Phi) is 4.96. The number of urea groups is 1. The van der Waals surface area contributed by atoms with E-state index >= 15 is 0 Å². The Balaban J connectivity index is 2.35. The number of hydrogen-bond donors (Lipinski definition) is 3. The smallest absolute Gasteiger partial charge is 0.325 e. The minimum absolute atomic E-state index is 0.419. The number of carboxylic acid groups (broad SMARTS) is 1. The summed E-state index contributed by atoms with van der Waals surface area (Å²) < 4.78 is 0. The largest absolute Gasteiger partial charge is 0.480 e. The fraction of sp³-hybridized carbons (Fsp3) is 0.455. The lowest BCUT2D eigenvalue weighted by Gasteiger charge is -2.09. The molecule has 0 fully saturated rings. The molecule has 0 saturated heterocycles. The van der Waals surface area contributed by atoms with Crippen LogP contribution in [0, 0.1) is 0 Å². The van der Waals surface area contributed by atoms with Crippen molar-refractivity contribution < 1.29 is 14.7 Å². The Morgan fingerprint density at radius 2 is 2.06 bits per heavy atom. The lowest BCUT2D eigenvalue weighted by atomic mass is 10.3. The van der Waals surface area contributed by atoms with Gasteiger partial charge in [-0.3, -0.25) is 4.79 Å². The van der Waals surface area contributed by atoms with E-state index in [0.29, 0.717) is 6.54 Å². The van der Waals surface area contributed by atoms with Crippen molar-refractivity contribution in [3.8, 4) is 0 Å². The molecule has 0 bridgehead atoms. The Bertz CT molecular complexity index is 403. The number of aryl methyl sites for hydroxylation is 1. The van der Waals surface area contributed by atoms with E-state index in [4.69, 9.17) is 5.11 Å². The van der Waals surface area contributed by atoms with Crippen LogP contribution in [0.15, 0.2) is 12.1 Å². The molecule has 0 spiro atoms. The summed E-state index contributed by atoms with van der Waals surface area (Å²) in [4.78, 5) is 24.2. The second-order valence-corrected chi connectivity index (χ2v) is 4.86. The molecule has 1 rings (SSSR count). The van der Waals surface area contributed by atoms with Gasteiger partial charge in [0.2, 0.25) is 0 Å². The van der Waals surface area contributed by atoms with Gasteiger partial charge >= 0.3 is 12.0 Å². The van der Waals surface area contributed by atoms with Crippen molar-refractivity contribution in [3.63, 3.8) is 0 Å². The van der Waals surface area contributed by atoms with E-state index in [0.717, 1.165) is 11.3 Å². The van der Waals surface area contributed by atoms with Gasteiger partial charge in [0.1, 0.15) is 6.04 Å². The molecule has 1 heterocycles. The van der Waals surface area contributed by atoms with E-state index < -0.39 is 18.0 Å². The predicted octanol–water partition coefficient (Wildman–Crippen LogP) is 1.58. The molecule has 1 unspecified atom stereocenters. The molecule has 5 nitrogen and oxygen atoms in total. The summed E-state index contributed by atoms with van der Waals surface area (Å²) >= 11 is 1.64. The predicted molar refractivity (Wildman–Crippen MR) is 66.2 cm³/mol. The number of hydrogen-bond acceptors (Lipinski definition) is 3. The van der Waals surface area contributed by atoms with Crippen LogP contribution >= 0.6 is 11.3 Å². The van der Waals surface area contributed by atoms with Gasteiger partial charge in [-0.05, 0) is 25.5 Å². The third-order valence-electron chi connectivity index (χ3n) is 2.21. The van der Waals surface area contributed by atoms with Gasteiger partial charge in [-0.2, -0.15) is 0 Å². The molecule has 0 aliphatic carbocycles. The maximum Gasteiger partial charge on any atom is 0.325 e. The molecular formula is C11H16N2O3S. The first-order valence-electron chi connectivity index (χ1n) is 5.37. The highest BCUT2D eigenvalue weighted by atomic mass is 32.1. The van der Waals surface area contributed by atoms with Crippen molar-refractivity contribution in [2.75, 3.05) is 0 Å². The van der Waals surface area contributed by atoms with Crippen molar-refractivity contribution in [2.45, 2.75) is 32.9 Å². The number of carbonyl (C=O) groups is 2. The van der Waals surface area contributed by atoms with Gasteiger partial charge in [0.05, 0.1) is 6.54 Å². The van der Waals surface area contributed by atoms with Crippen LogP contribution in [0.1, 0.15) is 23.6 Å². The second kappa shape index (κ2) is 6.24. The van der Waals surface area contributed by atoms with Crippen molar-refractivity contribution >= 4 is 23.3 Å². The minimum Gasteiger partial charge on any atom is -0.480 e. The maximum absolute atomic E-state index is 11.3. The molecular weight excluding hydrogens is 240 g/mol. The van der Waals surface area contributed by atoms with Gasteiger partial charge in [0.25, 0.3) is 0 Å². The van der Waals surface area contributed by atoms with Gasteiger partial charge < -0.3 is 15.7 Å². The number of aliphatic carboxylic acids is 1. The van der Waals surface area contributed by atoms with Crippen LogP contribution in [0.4, 0.5) is 4.79 Å². The number of thiophene rings is 1. The summed E-state index contributed by atoms with van der Waals surface area (Å²) in [6, 6.07) is 2.64.